The fourth-order valence-corrected chi connectivity index (χ4v) is 2.58. The molecular weight excluding hydrogens is 368 g/mol. The molecule has 150 valence electrons. The highest BCUT2D eigenvalue weighted by atomic mass is 19.1. The first-order chi connectivity index (χ1) is 13.3. The molecule has 28 heavy (non-hydrogen) atoms. The summed E-state index contributed by atoms with van der Waals surface area (Å²) in [4.78, 5) is 23.4. The van der Waals surface area contributed by atoms with Crippen molar-refractivity contribution in [3.63, 3.8) is 0 Å². The second kappa shape index (κ2) is 9.82. The maximum Gasteiger partial charge on any atom is 0.344 e. The maximum atomic E-state index is 13.5. The normalized spacial score (nSPS) is 10.5. The molecule has 0 saturated carbocycles. The van der Waals surface area contributed by atoms with E-state index in [9.17, 15) is 18.4 Å². The van der Waals surface area contributed by atoms with Crippen LogP contribution in [-0.4, -0.2) is 31.6 Å². The van der Waals surface area contributed by atoms with Gasteiger partial charge in [0.15, 0.2) is 6.61 Å². The number of ether oxygens (including phenoxy) is 2. The van der Waals surface area contributed by atoms with Crippen molar-refractivity contribution in [1.82, 2.24) is 5.32 Å². The van der Waals surface area contributed by atoms with Crippen molar-refractivity contribution in [2.24, 2.45) is 0 Å². The Balaban J connectivity index is 1.70. The minimum Gasteiger partial charge on any atom is -0.493 e. The number of halogens is 2. The fourth-order valence-electron chi connectivity index (χ4n) is 2.58. The van der Waals surface area contributed by atoms with Crippen LogP contribution in [0.15, 0.2) is 30.3 Å². The SMILES string of the molecule is Cc1cc(C)c(C)c(OCCCNC(=O)COC(=O)c2c(F)cccc2F)c1. The van der Waals surface area contributed by atoms with Gasteiger partial charge in [-0.2, -0.15) is 0 Å². The fraction of sp³-hybridized carbons (Fsp3) is 0.333. The summed E-state index contributed by atoms with van der Waals surface area (Å²) in [5.41, 5.74) is 2.52. The van der Waals surface area contributed by atoms with Gasteiger partial charge in [0.25, 0.3) is 5.91 Å². The Labute approximate surface area is 162 Å². The lowest BCUT2D eigenvalue weighted by Crippen LogP contribution is -2.30. The van der Waals surface area contributed by atoms with Gasteiger partial charge in [0.2, 0.25) is 0 Å². The van der Waals surface area contributed by atoms with E-state index < -0.39 is 35.7 Å². The van der Waals surface area contributed by atoms with E-state index in [1.54, 1.807) is 0 Å². The molecule has 0 bridgehead atoms. The Morgan fingerprint density at radius 1 is 1.07 bits per heavy atom. The van der Waals surface area contributed by atoms with E-state index in [2.05, 4.69) is 16.1 Å². The smallest absolute Gasteiger partial charge is 0.344 e. The van der Waals surface area contributed by atoms with Gasteiger partial charge < -0.3 is 14.8 Å². The molecule has 2 rings (SSSR count). The van der Waals surface area contributed by atoms with Gasteiger partial charge in [-0.15, -0.1) is 0 Å². The van der Waals surface area contributed by atoms with Crippen molar-refractivity contribution in [3.05, 3.63) is 64.2 Å². The Bertz CT molecular complexity index is 847. The zero-order valence-corrected chi connectivity index (χ0v) is 16.1. The molecule has 7 heteroatoms. The van der Waals surface area contributed by atoms with E-state index in [1.165, 1.54) is 0 Å². The molecule has 2 aromatic rings. The summed E-state index contributed by atoms with van der Waals surface area (Å²) >= 11 is 0. The summed E-state index contributed by atoms with van der Waals surface area (Å²) < 4.78 is 37.4. The molecule has 0 aliphatic rings. The van der Waals surface area contributed by atoms with Gasteiger partial charge in [-0.1, -0.05) is 12.1 Å². The summed E-state index contributed by atoms with van der Waals surface area (Å²) in [7, 11) is 0. The van der Waals surface area contributed by atoms with Crippen LogP contribution in [0.4, 0.5) is 8.78 Å². The third-order valence-corrected chi connectivity index (χ3v) is 4.17. The van der Waals surface area contributed by atoms with Gasteiger partial charge in [0.05, 0.1) is 6.61 Å². The molecule has 5 nitrogen and oxygen atoms in total. The lowest BCUT2D eigenvalue weighted by Gasteiger charge is -2.12. The van der Waals surface area contributed by atoms with Gasteiger partial charge >= 0.3 is 5.97 Å². The van der Waals surface area contributed by atoms with Gasteiger partial charge in [0, 0.05) is 6.54 Å². The predicted molar refractivity (Wildman–Crippen MR) is 100 cm³/mol. The van der Waals surface area contributed by atoms with Crippen LogP contribution in [-0.2, 0) is 9.53 Å². The number of aryl methyl sites for hydroxylation is 2. The van der Waals surface area contributed by atoms with Gasteiger partial charge in [0.1, 0.15) is 22.9 Å². The average molecular weight is 391 g/mol. The monoisotopic (exact) mass is 391 g/mol. The molecule has 0 heterocycles. The minimum absolute atomic E-state index is 0.314. The molecule has 0 fully saturated rings. The molecule has 2 aromatic carbocycles. The van der Waals surface area contributed by atoms with E-state index in [0.29, 0.717) is 19.6 Å². The van der Waals surface area contributed by atoms with Crippen molar-refractivity contribution in [3.8, 4) is 5.75 Å². The molecular formula is C21H23F2NO4. The molecule has 0 atom stereocenters. The lowest BCUT2D eigenvalue weighted by atomic mass is 10.1. The van der Waals surface area contributed by atoms with Crippen LogP contribution >= 0.6 is 0 Å². The number of rotatable bonds is 8. The van der Waals surface area contributed by atoms with Crippen LogP contribution in [0.1, 0.15) is 33.5 Å². The molecule has 0 aliphatic carbocycles. The van der Waals surface area contributed by atoms with Gasteiger partial charge in [-0.05, 0) is 62.1 Å². The zero-order chi connectivity index (χ0) is 20.7. The Kier molecular flexibility index (Phi) is 7.49. The Hall–Kier alpha value is -2.96. The molecule has 0 radical (unpaired) electrons. The number of benzene rings is 2. The highest BCUT2D eigenvalue weighted by molar-refractivity contribution is 5.91. The van der Waals surface area contributed by atoms with E-state index in [0.717, 1.165) is 40.6 Å². The second-order valence-corrected chi connectivity index (χ2v) is 6.43. The van der Waals surface area contributed by atoms with Crippen LogP contribution in [0.3, 0.4) is 0 Å². The summed E-state index contributed by atoms with van der Waals surface area (Å²) in [5, 5.41) is 2.56. The van der Waals surface area contributed by atoms with Gasteiger partial charge in [-0.3, -0.25) is 4.79 Å². The first-order valence-corrected chi connectivity index (χ1v) is 8.88. The highest BCUT2D eigenvalue weighted by Gasteiger charge is 2.19. The van der Waals surface area contributed by atoms with Crippen LogP contribution < -0.4 is 10.1 Å². The number of carbonyl (C=O) groups is 2. The van der Waals surface area contributed by atoms with Crippen molar-refractivity contribution in [2.75, 3.05) is 19.8 Å². The molecule has 0 spiro atoms. The number of carbonyl (C=O) groups excluding carboxylic acids is 2. The minimum atomic E-state index is -1.22. The lowest BCUT2D eigenvalue weighted by molar-refractivity contribution is -0.124. The van der Waals surface area contributed by atoms with Gasteiger partial charge in [-0.25, -0.2) is 13.6 Å². The third-order valence-electron chi connectivity index (χ3n) is 4.17. The van der Waals surface area contributed by atoms with Crippen molar-refractivity contribution >= 4 is 11.9 Å². The summed E-state index contributed by atoms with van der Waals surface area (Å²) in [6.45, 7) is 6.10. The molecule has 0 unspecified atom stereocenters. The highest BCUT2D eigenvalue weighted by Crippen LogP contribution is 2.23. The number of nitrogens with one attached hydrogen (secondary N) is 1. The Morgan fingerprint density at radius 3 is 2.43 bits per heavy atom. The zero-order valence-electron chi connectivity index (χ0n) is 16.1. The van der Waals surface area contributed by atoms with Crippen molar-refractivity contribution < 1.29 is 27.8 Å². The van der Waals surface area contributed by atoms with Crippen molar-refractivity contribution in [2.45, 2.75) is 27.2 Å². The third kappa shape index (κ3) is 5.77. The summed E-state index contributed by atoms with van der Waals surface area (Å²) in [6, 6.07) is 7.06. The number of amides is 1. The topological polar surface area (TPSA) is 64.6 Å². The first kappa shape index (κ1) is 21.3. The number of hydrogen-bond donors (Lipinski definition) is 1. The molecule has 1 amide bonds. The molecule has 0 saturated heterocycles. The second-order valence-electron chi connectivity index (χ2n) is 6.43. The predicted octanol–water partition coefficient (Wildman–Crippen LogP) is 3.63. The average Bonchev–Trinajstić information content (AvgIpc) is 2.63. The van der Waals surface area contributed by atoms with E-state index in [-0.39, 0.29) is 0 Å². The molecule has 1 N–H and O–H groups in total. The van der Waals surface area contributed by atoms with Crippen molar-refractivity contribution in [1.29, 1.82) is 0 Å². The molecule has 0 aliphatic heterocycles. The largest absolute Gasteiger partial charge is 0.493 e. The van der Waals surface area contributed by atoms with Crippen LogP contribution in [0.2, 0.25) is 0 Å². The van der Waals surface area contributed by atoms with Crippen LogP contribution in [0, 0.1) is 32.4 Å². The van der Waals surface area contributed by atoms with E-state index in [1.807, 2.05) is 26.8 Å². The Morgan fingerprint density at radius 2 is 1.75 bits per heavy atom. The van der Waals surface area contributed by atoms with E-state index in [4.69, 9.17) is 4.74 Å². The standard InChI is InChI=1S/C21H23F2NO4/c1-13-10-14(2)15(3)18(11-13)27-9-5-8-24-19(25)12-28-21(26)20-16(22)6-4-7-17(20)23/h4,6-7,10-11H,5,8-9,12H2,1-3H3,(H,24,25). The maximum absolute atomic E-state index is 13.5. The van der Waals surface area contributed by atoms with Crippen LogP contribution in [0.5, 0.6) is 5.75 Å². The van der Waals surface area contributed by atoms with E-state index >= 15 is 0 Å². The molecule has 0 aromatic heterocycles. The quantitative estimate of drug-likeness (QED) is 0.551. The summed E-state index contributed by atoms with van der Waals surface area (Å²) in [5.74, 6) is -3.05. The first-order valence-electron chi connectivity index (χ1n) is 8.88. The number of esters is 1. The summed E-state index contributed by atoms with van der Waals surface area (Å²) in [6.07, 6.45) is 0.550. The number of hydrogen-bond acceptors (Lipinski definition) is 4. The van der Waals surface area contributed by atoms with Crippen LogP contribution in [0.25, 0.3) is 0 Å².